The molecule has 0 bridgehead atoms. The Labute approximate surface area is 374 Å². The van der Waals surface area contributed by atoms with Gasteiger partial charge in [-0.3, -0.25) is 23.4 Å². The number of unbranched alkanes of at least 4 members (excludes halogenated alkanes) is 35. The number of hydrogen-bond donors (Lipinski definition) is 3. The molecule has 0 aliphatic rings. The summed E-state index contributed by atoms with van der Waals surface area (Å²) in [5, 5.41) is 8.92. The van der Waals surface area contributed by atoms with Crippen LogP contribution in [-0.4, -0.2) is 59.9 Å². The van der Waals surface area contributed by atoms with Crippen LogP contribution in [0.4, 0.5) is 0 Å². The summed E-state index contributed by atoms with van der Waals surface area (Å²) < 4.78 is 32.8. The summed E-state index contributed by atoms with van der Waals surface area (Å²) in [6, 6.07) is -1.52. The zero-order chi connectivity index (χ0) is 44.9. The molecule has 12 heteroatoms. The van der Waals surface area contributed by atoms with Crippen LogP contribution in [0.25, 0.3) is 0 Å². The van der Waals surface area contributed by atoms with Gasteiger partial charge in [0, 0.05) is 12.8 Å². The first-order valence-corrected chi connectivity index (χ1v) is 27.1. The van der Waals surface area contributed by atoms with E-state index in [9.17, 15) is 23.8 Å². The van der Waals surface area contributed by atoms with E-state index in [1.807, 2.05) is 0 Å². The van der Waals surface area contributed by atoms with Crippen LogP contribution in [0.1, 0.15) is 264 Å². The Balaban J connectivity index is 4.19. The second-order valence-electron chi connectivity index (χ2n) is 17.7. The normalized spacial score (nSPS) is 13.5. The van der Waals surface area contributed by atoms with Crippen molar-refractivity contribution in [1.29, 1.82) is 0 Å². The fraction of sp³-hybridized carbons (Fsp3) is 0.939. The minimum absolute atomic E-state index is 0.170. The molecule has 0 heterocycles. The first kappa shape index (κ1) is 59.5. The number of carboxylic acid groups (broad SMARTS) is 1. The minimum atomic E-state index is -4.71. The number of aliphatic carboxylic acids is 1. The van der Waals surface area contributed by atoms with Crippen molar-refractivity contribution in [2.75, 3.05) is 19.8 Å². The van der Waals surface area contributed by atoms with Crippen LogP contribution in [0.2, 0.25) is 0 Å². The average Bonchev–Trinajstić information content (AvgIpc) is 3.24. The Bertz CT molecular complexity index is 1050. The van der Waals surface area contributed by atoms with E-state index in [1.54, 1.807) is 0 Å². The van der Waals surface area contributed by atoms with Crippen LogP contribution in [-0.2, 0) is 37.5 Å². The number of carboxylic acids is 1. The lowest BCUT2D eigenvalue weighted by atomic mass is 10.0. The molecular weight excluding hydrogens is 794 g/mol. The second-order valence-corrected chi connectivity index (χ2v) is 19.1. The van der Waals surface area contributed by atoms with E-state index < -0.39 is 51.1 Å². The summed E-state index contributed by atoms with van der Waals surface area (Å²) >= 11 is 0. The molecule has 0 aliphatic heterocycles. The van der Waals surface area contributed by atoms with Crippen LogP contribution in [0.3, 0.4) is 0 Å². The fourth-order valence-corrected chi connectivity index (χ4v) is 8.38. The van der Waals surface area contributed by atoms with Gasteiger partial charge in [0.2, 0.25) is 0 Å². The van der Waals surface area contributed by atoms with Crippen molar-refractivity contribution in [2.24, 2.45) is 5.73 Å². The van der Waals surface area contributed by atoms with E-state index in [0.717, 1.165) is 38.5 Å². The van der Waals surface area contributed by atoms with Gasteiger partial charge in [-0.2, -0.15) is 0 Å². The Morgan fingerprint density at radius 2 is 0.721 bits per heavy atom. The largest absolute Gasteiger partial charge is 0.480 e. The number of nitrogens with two attached hydrogens (primary N) is 1. The van der Waals surface area contributed by atoms with E-state index >= 15 is 0 Å². The zero-order valence-electron chi connectivity index (χ0n) is 39.5. The maximum Gasteiger partial charge on any atom is 0.472 e. The van der Waals surface area contributed by atoms with Crippen molar-refractivity contribution in [3.05, 3.63) is 0 Å². The average molecular weight is 890 g/mol. The molecule has 11 nitrogen and oxygen atoms in total. The van der Waals surface area contributed by atoms with Gasteiger partial charge in [-0.15, -0.1) is 0 Å². The third kappa shape index (κ3) is 44.9. The lowest BCUT2D eigenvalue weighted by molar-refractivity contribution is -0.161. The van der Waals surface area contributed by atoms with Crippen LogP contribution < -0.4 is 5.73 Å². The lowest BCUT2D eigenvalue weighted by Crippen LogP contribution is -2.34. The molecule has 0 aromatic heterocycles. The SMILES string of the molecule is CCCCCCCCCCCCCCCCCCCCCCCC(=O)O[C@H](COC(=O)CCCCCCCCCCCCCCCCCC)COP(=O)(O)OC[C@H](N)C(=O)O. The quantitative estimate of drug-likeness (QED) is 0.0301. The Hall–Kier alpha value is -1.52. The Morgan fingerprint density at radius 3 is 1.03 bits per heavy atom. The molecular formula is C49H96NO10P. The molecule has 1 unspecified atom stereocenters. The van der Waals surface area contributed by atoms with E-state index in [1.165, 1.54) is 186 Å². The number of phosphoric acid groups is 1. The zero-order valence-corrected chi connectivity index (χ0v) is 40.4. The molecule has 362 valence electrons. The fourth-order valence-electron chi connectivity index (χ4n) is 7.60. The molecule has 0 rings (SSSR count). The Morgan fingerprint density at radius 1 is 0.443 bits per heavy atom. The molecule has 3 atom stereocenters. The second kappa shape index (κ2) is 45.1. The Kier molecular flexibility index (Phi) is 43.9. The summed E-state index contributed by atoms with van der Waals surface area (Å²) in [6.45, 7) is 2.87. The molecule has 0 saturated carbocycles. The summed E-state index contributed by atoms with van der Waals surface area (Å²) in [5.41, 5.74) is 5.35. The summed E-state index contributed by atoms with van der Waals surface area (Å²) in [4.78, 5) is 46.1. The first-order valence-electron chi connectivity index (χ1n) is 25.6. The number of rotatable bonds is 49. The summed E-state index contributed by atoms with van der Waals surface area (Å²) in [7, 11) is -4.71. The van der Waals surface area contributed by atoms with Crippen molar-refractivity contribution >= 4 is 25.7 Å². The molecule has 0 amide bonds. The van der Waals surface area contributed by atoms with Gasteiger partial charge in [0.15, 0.2) is 6.10 Å². The number of hydrogen-bond acceptors (Lipinski definition) is 9. The van der Waals surface area contributed by atoms with Gasteiger partial charge in [0.1, 0.15) is 12.6 Å². The third-order valence-corrected chi connectivity index (χ3v) is 12.6. The monoisotopic (exact) mass is 890 g/mol. The number of esters is 2. The van der Waals surface area contributed by atoms with E-state index in [2.05, 4.69) is 18.4 Å². The maximum absolute atomic E-state index is 12.7. The van der Waals surface area contributed by atoms with Gasteiger partial charge in [-0.25, -0.2) is 4.57 Å². The number of ether oxygens (including phenoxy) is 2. The van der Waals surface area contributed by atoms with Gasteiger partial charge in [0.05, 0.1) is 13.2 Å². The van der Waals surface area contributed by atoms with Gasteiger partial charge in [-0.1, -0.05) is 239 Å². The van der Waals surface area contributed by atoms with Crippen LogP contribution in [0, 0.1) is 0 Å². The predicted molar refractivity (Wildman–Crippen MR) is 250 cm³/mol. The van der Waals surface area contributed by atoms with Crippen LogP contribution in [0.5, 0.6) is 0 Å². The number of phosphoric ester groups is 1. The highest BCUT2D eigenvalue weighted by atomic mass is 31.2. The molecule has 0 spiro atoms. The lowest BCUT2D eigenvalue weighted by Gasteiger charge is -2.20. The van der Waals surface area contributed by atoms with E-state index in [-0.39, 0.29) is 19.4 Å². The van der Waals surface area contributed by atoms with Crippen molar-refractivity contribution in [3.8, 4) is 0 Å². The van der Waals surface area contributed by atoms with Crippen molar-refractivity contribution < 1.29 is 47.5 Å². The molecule has 0 aliphatic carbocycles. The molecule has 0 aromatic carbocycles. The summed E-state index contributed by atoms with van der Waals surface area (Å²) in [5.74, 6) is -2.35. The van der Waals surface area contributed by atoms with Crippen LogP contribution >= 0.6 is 7.82 Å². The smallest absolute Gasteiger partial charge is 0.472 e. The third-order valence-electron chi connectivity index (χ3n) is 11.6. The molecule has 61 heavy (non-hydrogen) atoms. The number of carbonyl (C=O) groups excluding carboxylic acids is 2. The van der Waals surface area contributed by atoms with Gasteiger partial charge in [0.25, 0.3) is 0 Å². The van der Waals surface area contributed by atoms with Gasteiger partial charge >= 0.3 is 25.7 Å². The van der Waals surface area contributed by atoms with Gasteiger partial charge in [-0.05, 0) is 12.8 Å². The van der Waals surface area contributed by atoms with Crippen LogP contribution in [0.15, 0.2) is 0 Å². The highest BCUT2D eigenvalue weighted by Gasteiger charge is 2.28. The van der Waals surface area contributed by atoms with Crippen molar-refractivity contribution in [2.45, 2.75) is 276 Å². The minimum Gasteiger partial charge on any atom is -0.480 e. The molecule has 4 N–H and O–H groups in total. The topological polar surface area (TPSA) is 172 Å². The van der Waals surface area contributed by atoms with Crippen molar-refractivity contribution in [3.63, 3.8) is 0 Å². The standard InChI is InChI=1S/C49H96NO10P/c1-3-5-7-9-11-13-15-17-19-21-22-23-24-25-27-29-31-33-35-37-39-41-48(52)60-45(43-58-61(55,56)59-44-46(50)49(53)54)42-57-47(51)40-38-36-34-32-30-28-26-20-18-16-14-12-10-8-6-4-2/h45-46H,3-44,50H2,1-2H3,(H,53,54)(H,55,56)/t45-,46+/m1/s1. The molecule has 0 aromatic rings. The molecule has 0 fully saturated rings. The first-order chi connectivity index (χ1) is 29.6. The maximum atomic E-state index is 12.7. The van der Waals surface area contributed by atoms with Crippen molar-refractivity contribution in [1.82, 2.24) is 0 Å². The summed E-state index contributed by atoms with van der Waals surface area (Å²) in [6.07, 6.45) is 45.9. The predicted octanol–water partition coefficient (Wildman–Crippen LogP) is 14.2. The van der Waals surface area contributed by atoms with E-state index in [4.69, 9.17) is 24.8 Å². The molecule has 0 radical (unpaired) electrons. The van der Waals surface area contributed by atoms with E-state index in [0.29, 0.717) is 12.8 Å². The highest BCUT2D eigenvalue weighted by molar-refractivity contribution is 7.47. The van der Waals surface area contributed by atoms with Gasteiger partial charge < -0.3 is 25.2 Å². The molecule has 0 saturated heterocycles. The highest BCUT2D eigenvalue weighted by Crippen LogP contribution is 2.43. The number of carbonyl (C=O) groups is 3.